The van der Waals surface area contributed by atoms with Gasteiger partial charge in [-0.3, -0.25) is 9.78 Å². The van der Waals surface area contributed by atoms with Gasteiger partial charge in [-0.05, 0) is 29.8 Å². The zero-order valence-corrected chi connectivity index (χ0v) is 16.3. The van der Waals surface area contributed by atoms with E-state index in [2.05, 4.69) is 9.97 Å². The van der Waals surface area contributed by atoms with Crippen LogP contribution in [0.3, 0.4) is 0 Å². The Kier molecular flexibility index (Phi) is 4.27. The average Bonchev–Trinajstić information content (AvgIpc) is 2.78. The van der Waals surface area contributed by atoms with Crippen molar-refractivity contribution in [1.29, 1.82) is 5.26 Å². The number of nitrogens with one attached hydrogen (secondary N) is 1. The Bertz CT molecular complexity index is 1540. The van der Waals surface area contributed by atoms with E-state index in [9.17, 15) is 10.1 Å². The molecule has 3 heterocycles. The minimum absolute atomic E-state index is 0.173. The maximum atomic E-state index is 12.6. The maximum Gasteiger partial charge on any atom is 0.192 e. The molecule has 0 saturated heterocycles. The first-order chi connectivity index (χ1) is 14.6. The molecule has 0 atom stereocenters. The van der Waals surface area contributed by atoms with Crippen molar-refractivity contribution in [2.75, 3.05) is 0 Å². The van der Waals surface area contributed by atoms with Crippen molar-refractivity contribution in [2.45, 2.75) is 0 Å². The highest BCUT2D eigenvalue weighted by molar-refractivity contribution is 6.35. The lowest BCUT2D eigenvalue weighted by molar-refractivity contribution is 1.24. The zero-order chi connectivity index (χ0) is 20.7. The largest absolute Gasteiger partial charge is 0.331 e. The molecule has 0 aliphatic carbocycles. The first-order valence-corrected chi connectivity index (χ1v) is 9.60. The lowest BCUT2D eigenvalue weighted by atomic mass is 9.96. The topological polar surface area (TPSA) is 82.4 Å². The predicted octanol–water partition coefficient (Wildman–Crippen LogP) is 5.33. The summed E-state index contributed by atoms with van der Waals surface area (Å²) in [5.74, 6) is 0. The van der Waals surface area contributed by atoms with Gasteiger partial charge in [-0.15, -0.1) is 0 Å². The Hall–Kier alpha value is -4.01. The second kappa shape index (κ2) is 7.11. The molecular formula is C24H13ClN4O. The van der Waals surface area contributed by atoms with Crippen LogP contribution in [0.1, 0.15) is 5.69 Å². The molecule has 0 spiro atoms. The van der Waals surface area contributed by atoms with Gasteiger partial charge in [0.25, 0.3) is 0 Å². The van der Waals surface area contributed by atoms with Gasteiger partial charge in [0.05, 0.1) is 21.6 Å². The molecule has 0 aliphatic heterocycles. The first kappa shape index (κ1) is 18.0. The van der Waals surface area contributed by atoms with Crippen molar-refractivity contribution in [3.8, 4) is 28.5 Å². The third kappa shape index (κ3) is 3.00. The van der Waals surface area contributed by atoms with E-state index < -0.39 is 0 Å². The van der Waals surface area contributed by atoms with E-state index >= 15 is 0 Å². The number of benzene rings is 2. The van der Waals surface area contributed by atoms with Crippen LogP contribution in [0.4, 0.5) is 0 Å². The molecule has 5 rings (SSSR count). The second-order valence-electron chi connectivity index (χ2n) is 6.84. The number of hydrogen-bond acceptors (Lipinski definition) is 4. The molecule has 0 amide bonds. The number of nitrogens with zero attached hydrogens (tertiary/aromatic N) is 3. The molecule has 5 aromatic rings. The van der Waals surface area contributed by atoms with Crippen LogP contribution in [-0.4, -0.2) is 15.0 Å². The van der Waals surface area contributed by atoms with Crippen molar-refractivity contribution in [2.24, 2.45) is 0 Å². The quantitative estimate of drug-likeness (QED) is 0.428. The van der Waals surface area contributed by atoms with Crippen LogP contribution < -0.4 is 5.43 Å². The Morgan fingerprint density at radius 2 is 1.80 bits per heavy atom. The lowest BCUT2D eigenvalue weighted by Gasteiger charge is -2.13. The molecule has 0 saturated carbocycles. The molecule has 5 nitrogen and oxygen atoms in total. The minimum atomic E-state index is -0.262. The molecule has 0 bridgehead atoms. The summed E-state index contributed by atoms with van der Waals surface area (Å²) in [6.45, 7) is 0. The van der Waals surface area contributed by atoms with Crippen molar-refractivity contribution in [3.05, 3.63) is 93.9 Å². The van der Waals surface area contributed by atoms with Gasteiger partial charge in [0.15, 0.2) is 5.43 Å². The van der Waals surface area contributed by atoms with Crippen LogP contribution in [0.15, 0.2) is 77.7 Å². The van der Waals surface area contributed by atoms with Gasteiger partial charge < -0.3 is 4.98 Å². The summed E-state index contributed by atoms with van der Waals surface area (Å²) >= 11 is 6.51. The fourth-order valence-electron chi connectivity index (χ4n) is 3.57. The van der Waals surface area contributed by atoms with Crippen molar-refractivity contribution in [3.63, 3.8) is 0 Å². The van der Waals surface area contributed by atoms with Gasteiger partial charge in [-0.25, -0.2) is 4.98 Å². The van der Waals surface area contributed by atoms with Crippen LogP contribution in [-0.2, 0) is 0 Å². The molecular weight excluding hydrogens is 396 g/mol. The number of pyridine rings is 3. The summed E-state index contributed by atoms with van der Waals surface area (Å²) in [5, 5.41) is 11.0. The second-order valence-corrected chi connectivity index (χ2v) is 7.25. The number of aromatic nitrogens is 3. The third-order valence-corrected chi connectivity index (χ3v) is 5.24. The molecule has 142 valence electrons. The van der Waals surface area contributed by atoms with Crippen LogP contribution in [0.5, 0.6) is 0 Å². The zero-order valence-electron chi connectivity index (χ0n) is 15.6. The summed E-state index contributed by atoms with van der Waals surface area (Å²) < 4.78 is 0. The molecule has 6 heteroatoms. The maximum absolute atomic E-state index is 12.6. The molecule has 0 radical (unpaired) electrons. The molecule has 30 heavy (non-hydrogen) atoms. The SMILES string of the molecule is N#Cc1cc(=O)c2cc(-c3cc(Cl)c4ncccc4c3)c(-c3ccccc3)nc2[nH]1. The van der Waals surface area contributed by atoms with Gasteiger partial charge in [0.2, 0.25) is 0 Å². The Morgan fingerprint density at radius 1 is 0.967 bits per heavy atom. The molecule has 0 fully saturated rings. The normalized spacial score (nSPS) is 10.9. The van der Waals surface area contributed by atoms with E-state index in [1.165, 1.54) is 6.07 Å². The first-order valence-electron chi connectivity index (χ1n) is 9.22. The Labute approximate surface area is 176 Å². The van der Waals surface area contributed by atoms with Crippen LogP contribution in [0.25, 0.3) is 44.3 Å². The third-order valence-electron chi connectivity index (χ3n) is 4.95. The molecule has 2 aromatic carbocycles. The van der Waals surface area contributed by atoms with Gasteiger partial charge in [-0.2, -0.15) is 5.26 Å². The molecule has 3 aromatic heterocycles. The van der Waals surface area contributed by atoms with Crippen molar-refractivity contribution in [1.82, 2.24) is 15.0 Å². The monoisotopic (exact) mass is 408 g/mol. The van der Waals surface area contributed by atoms with E-state index in [-0.39, 0.29) is 11.1 Å². The van der Waals surface area contributed by atoms with Crippen molar-refractivity contribution >= 4 is 33.5 Å². The minimum Gasteiger partial charge on any atom is -0.331 e. The van der Waals surface area contributed by atoms with Gasteiger partial charge in [0.1, 0.15) is 17.4 Å². The fraction of sp³-hybridized carbons (Fsp3) is 0. The number of rotatable bonds is 2. The number of hydrogen-bond donors (Lipinski definition) is 1. The Morgan fingerprint density at radius 3 is 2.60 bits per heavy atom. The smallest absolute Gasteiger partial charge is 0.192 e. The number of fused-ring (bicyclic) bond motifs is 2. The summed E-state index contributed by atoms with van der Waals surface area (Å²) in [6.07, 6.45) is 1.70. The van der Waals surface area contributed by atoms with Crippen molar-refractivity contribution < 1.29 is 0 Å². The van der Waals surface area contributed by atoms with E-state index in [1.807, 2.05) is 60.7 Å². The van der Waals surface area contributed by atoms with E-state index in [0.29, 0.717) is 21.7 Å². The van der Waals surface area contributed by atoms with Crippen LogP contribution in [0, 0.1) is 11.3 Å². The van der Waals surface area contributed by atoms with E-state index in [1.54, 1.807) is 12.3 Å². The predicted molar refractivity (Wildman–Crippen MR) is 118 cm³/mol. The number of halogens is 1. The van der Waals surface area contributed by atoms with Gasteiger partial charge in [-0.1, -0.05) is 48.0 Å². The van der Waals surface area contributed by atoms with E-state index in [4.69, 9.17) is 16.6 Å². The lowest BCUT2D eigenvalue weighted by Crippen LogP contribution is -2.06. The standard InChI is InChI=1S/C24H13ClN4O/c25-20-10-16(9-15-7-4-8-27-23(15)20)18-12-19-21(30)11-17(13-26)28-24(19)29-22(18)14-5-2-1-3-6-14/h1-12H,(H,28,29,30). The summed E-state index contributed by atoms with van der Waals surface area (Å²) in [6, 6.07) is 22.4. The molecule has 1 N–H and O–H groups in total. The highest BCUT2D eigenvalue weighted by Gasteiger charge is 2.15. The Balaban J connectivity index is 1.88. The highest BCUT2D eigenvalue weighted by Crippen LogP contribution is 2.36. The van der Waals surface area contributed by atoms with E-state index in [0.717, 1.165) is 27.6 Å². The molecule has 0 unspecified atom stereocenters. The number of nitriles is 1. The molecule has 0 aliphatic rings. The number of aromatic amines is 1. The average molecular weight is 409 g/mol. The summed E-state index contributed by atoms with van der Waals surface area (Å²) in [7, 11) is 0. The summed E-state index contributed by atoms with van der Waals surface area (Å²) in [4.78, 5) is 24.6. The van der Waals surface area contributed by atoms with Gasteiger partial charge in [0, 0.05) is 28.8 Å². The summed E-state index contributed by atoms with van der Waals surface area (Å²) in [5.41, 5.74) is 4.18. The highest BCUT2D eigenvalue weighted by atomic mass is 35.5. The number of H-pyrrole nitrogens is 1. The van der Waals surface area contributed by atoms with Crippen LogP contribution >= 0.6 is 11.6 Å². The fourth-order valence-corrected chi connectivity index (χ4v) is 3.84. The van der Waals surface area contributed by atoms with Crippen LogP contribution in [0.2, 0.25) is 5.02 Å². The van der Waals surface area contributed by atoms with Gasteiger partial charge >= 0.3 is 0 Å².